The van der Waals surface area contributed by atoms with E-state index in [2.05, 4.69) is 46.1 Å². The summed E-state index contributed by atoms with van der Waals surface area (Å²) in [5, 5.41) is 0.561. The van der Waals surface area contributed by atoms with Crippen molar-refractivity contribution in [2.45, 2.75) is 32.7 Å². The van der Waals surface area contributed by atoms with E-state index in [4.69, 9.17) is 0 Å². The molecule has 2 aromatic carbocycles. The maximum atomic E-state index is 15.0. The predicted molar refractivity (Wildman–Crippen MR) is 107 cm³/mol. The summed E-state index contributed by atoms with van der Waals surface area (Å²) in [4.78, 5) is 11.2. The van der Waals surface area contributed by atoms with Crippen molar-refractivity contribution in [3.63, 3.8) is 0 Å². The quantitative estimate of drug-likeness (QED) is 0.598. The van der Waals surface area contributed by atoms with Crippen molar-refractivity contribution in [3.05, 3.63) is 77.5 Å². The number of para-hydroxylation sites is 1. The Balaban J connectivity index is 1.71. The molecule has 0 N–H and O–H groups in total. The van der Waals surface area contributed by atoms with Crippen molar-refractivity contribution in [2.75, 3.05) is 16.6 Å². The van der Waals surface area contributed by atoms with Crippen molar-refractivity contribution < 1.29 is 4.48 Å². The third-order valence-corrected chi connectivity index (χ3v) is 5.16. The molecule has 0 fully saturated rings. The molecule has 0 radical (unpaired) electrons. The van der Waals surface area contributed by atoms with Gasteiger partial charge in [-0.1, -0.05) is 53.9 Å². The molecule has 4 nitrogen and oxygen atoms in total. The molecule has 0 spiro atoms. The molecule has 3 aromatic rings. The number of halogens is 1. The van der Waals surface area contributed by atoms with Gasteiger partial charge in [0.2, 0.25) is 0 Å². The molecule has 5 heteroatoms. The van der Waals surface area contributed by atoms with E-state index < -0.39 is 0 Å². The Morgan fingerprint density at radius 2 is 1.81 bits per heavy atom. The van der Waals surface area contributed by atoms with Crippen LogP contribution >= 0.6 is 0 Å². The number of benzene rings is 2. The highest BCUT2D eigenvalue weighted by atomic mass is 19.2. The van der Waals surface area contributed by atoms with Gasteiger partial charge in [-0.2, -0.15) is 4.98 Å². The molecule has 0 aliphatic carbocycles. The molecule has 1 aromatic heterocycles. The van der Waals surface area contributed by atoms with Crippen LogP contribution in [0.5, 0.6) is 0 Å². The third kappa shape index (κ3) is 3.37. The summed E-state index contributed by atoms with van der Waals surface area (Å²) in [5.41, 5.74) is 3.94. The Kier molecular flexibility index (Phi) is 4.75. The minimum atomic E-state index is 0.0848. The van der Waals surface area contributed by atoms with Crippen LogP contribution in [-0.2, 0) is 12.8 Å². The second kappa shape index (κ2) is 7.35. The summed E-state index contributed by atoms with van der Waals surface area (Å²) in [6.07, 6.45) is 1.68. The number of nitrogens with zero attached hydrogens (tertiary/aromatic N) is 4. The first-order valence-corrected chi connectivity index (χ1v) is 9.40. The number of rotatable bonds is 4. The number of hydrogen-bond donors (Lipinski definition) is 0. The summed E-state index contributed by atoms with van der Waals surface area (Å²) in [7, 11) is 0. The Labute approximate surface area is 159 Å². The summed E-state index contributed by atoms with van der Waals surface area (Å²) >= 11 is 0. The number of fused-ring (bicyclic) bond motifs is 1. The van der Waals surface area contributed by atoms with Crippen LogP contribution in [0, 0.1) is 0 Å². The van der Waals surface area contributed by atoms with Gasteiger partial charge in [-0.3, -0.25) is 0 Å². The van der Waals surface area contributed by atoms with Crippen molar-refractivity contribution >= 4 is 17.5 Å². The zero-order valence-electron chi connectivity index (χ0n) is 15.6. The Hall–Kier alpha value is -2.95. The number of hydrogen-bond acceptors (Lipinski definition) is 4. The van der Waals surface area contributed by atoms with Crippen LogP contribution in [0.15, 0.2) is 60.7 Å². The third-order valence-electron chi connectivity index (χ3n) is 5.16. The molecule has 0 bridgehead atoms. The Bertz CT molecular complexity index is 929. The highest BCUT2D eigenvalue weighted by Gasteiger charge is 2.26. The van der Waals surface area contributed by atoms with Gasteiger partial charge < -0.3 is 4.90 Å². The molecule has 1 aliphatic rings. The molecule has 1 aliphatic heterocycles. The zero-order chi connectivity index (χ0) is 18.8. The van der Waals surface area contributed by atoms with Gasteiger partial charge in [0.15, 0.2) is 0 Å². The van der Waals surface area contributed by atoms with Crippen LogP contribution < -0.4 is 10.0 Å². The van der Waals surface area contributed by atoms with Gasteiger partial charge in [0.05, 0.1) is 11.7 Å². The van der Waals surface area contributed by atoms with Crippen LogP contribution in [0.2, 0.25) is 0 Å². The molecule has 1 unspecified atom stereocenters. The fourth-order valence-electron chi connectivity index (χ4n) is 3.64. The van der Waals surface area contributed by atoms with Gasteiger partial charge in [0, 0.05) is 18.3 Å². The van der Waals surface area contributed by atoms with Crippen LogP contribution in [0.4, 0.5) is 21.9 Å². The average Bonchev–Trinajstić information content (AvgIpc) is 2.74. The molecule has 138 valence electrons. The van der Waals surface area contributed by atoms with Crippen molar-refractivity contribution in [3.8, 4) is 0 Å². The molecular weight excluding hydrogens is 339 g/mol. The minimum absolute atomic E-state index is 0.0848. The van der Waals surface area contributed by atoms with Crippen molar-refractivity contribution in [1.82, 2.24) is 9.97 Å². The first-order valence-electron chi connectivity index (χ1n) is 9.40. The van der Waals surface area contributed by atoms with Crippen molar-refractivity contribution in [2.24, 2.45) is 0 Å². The SMILES string of the molecule is CCc1cc(N2CCc3ccccc3C2C)nc(N(F)c2ccccc2)n1. The summed E-state index contributed by atoms with van der Waals surface area (Å²) in [6, 6.07) is 19.6. The topological polar surface area (TPSA) is 32.3 Å². The molecule has 0 amide bonds. The predicted octanol–water partition coefficient (Wildman–Crippen LogP) is 5.19. The van der Waals surface area contributed by atoms with Gasteiger partial charge in [-0.05, 0) is 43.0 Å². The fraction of sp³-hybridized carbons (Fsp3) is 0.273. The van der Waals surface area contributed by atoms with Gasteiger partial charge in [0.1, 0.15) is 5.82 Å². The van der Waals surface area contributed by atoms with Crippen LogP contribution in [-0.4, -0.2) is 16.5 Å². The summed E-state index contributed by atoms with van der Waals surface area (Å²) < 4.78 is 15.0. The summed E-state index contributed by atoms with van der Waals surface area (Å²) in [6.45, 7) is 5.06. The molecule has 1 atom stereocenters. The van der Waals surface area contributed by atoms with E-state index in [9.17, 15) is 4.48 Å². The molecule has 0 saturated heterocycles. The molecular formula is C22H23FN4. The Morgan fingerprint density at radius 1 is 1.07 bits per heavy atom. The lowest BCUT2D eigenvalue weighted by Crippen LogP contribution is -2.34. The molecule has 27 heavy (non-hydrogen) atoms. The van der Waals surface area contributed by atoms with E-state index >= 15 is 0 Å². The highest BCUT2D eigenvalue weighted by molar-refractivity contribution is 5.57. The highest BCUT2D eigenvalue weighted by Crippen LogP contribution is 2.34. The van der Waals surface area contributed by atoms with Gasteiger partial charge in [-0.15, -0.1) is 5.12 Å². The lowest BCUT2D eigenvalue weighted by Gasteiger charge is -2.36. The van der Waals surface area contributed by atoms with Crippen LogP contribution in [0.25, 0.3) is 0 Å². The van der Waals surface area contributed by atoms with Gasteiger partial charge in [0.25, 0.3) is 5.95 Å². The maximum absolute atomic E-state index is 15.0. The summed E-state index contributed by atoms with van der Waals surface area (Å²) in [5.74, 6) is 0.860. The zero-order valence-corrected chi connectivity index (χ0v) is 15.6. The lowest BCUT2D eigenvalue weighted by atomic mass is 9.93. The van der Waals surface area contributed by atoms with E-state index in [-0.39, 0.29) is 12.0 Å². The first-order chi connectivity index (χ1) is 13.2. The number of aromatic nitrogens is 2. The van der Waals surface area contributed by atoms with Crippen molar-refractivity contribution in [1.29, 1.82) is 0 Å². The normalized spacial score (nSPS) is 16.1. The Morgan fingerprint density at radius 3 is 2.59 bits per heavy atom. The average molecular weight is 362 g/mol. The molecule has 0 saturated carbocycles. The van der Waals surface area contributed by atoms with Gasteiger partial charge in [-0.25, -0.2) is 4.98 Å². The van der Waals surface area contributed by atoms with Crippen LogP contribution in [0.3, 0.4) is 0 Å². The monoisotopic (exact) mass is 362 g/mol. The fourth-order valence-corrected chi connectivity index (χ4v) is 3.64. The standard InChI is InChI=1S/C22H23FN4/c1-3-18-15-21(25-22(24-18)27(23)19-10-5-4-6-11-19)26-14-13-17-9-7-8-12-20(17)16(26)2/h4-12,15-16H,3,13-14H2,1-2H3. The second-order valence-corrected chi connectivity index (χ2v) is 6.81. The van der Waals surface area contributed by atoms with E-state index in [0.717, 1.165) is 30.9 Å². The van der Waals surface area contributed by atoms with E-state index in [1.54, 1.807) is 24.3 Å². The van der Waals surface area contributed by atoms with E-state index in [1.807, 2.05) is 19.1 Å². The first kappa shape index (κ1) is 17.5. The number of anilines is 3. The lowest BCUT2D eigenvalue weighted by molar-refractivity contribution is 0.490. The maximum Gasteiger partial charge on any atom is 0.261 e. The van der Waals surface area contributed by atoms with E-state index in [0.29, 0.717) is 10.8 Å². The minimum Gasteiger partial charge on any atom is -0.349 e. The molecule has 4 rings (SSSR count). The smallest absolute Gasteiger partial charge is 0.261 e. The second-order valence-electron chi connectivity index (χ2n) is 6.81. The largest absolute Gasteiger partial charge is 0.349 e. The van der Waals surface area contributed by atoms with Crippen LogP contribution in [0.1, 0.15) is 36.7 Å². The number of aryl methyl sites for hydroxylation is 1. The molecule has 2 heterocycles. The van der Waals surface area contributed by atoms with E-state index in [1.165, 1.54) is 11.1 Å². The van der Waals surface area contributed by atoms with Gasteiger partial charge >= 0.3 is 0 Å².